The van der Waals surface area contributed by atoms with Crippen molar-refractivity contribution >= 4 is 21.8 Å². The second-order valence-corrected chi connectivity index (χ2v) is 5.21. The predicted octanol–water partition coefficient (Wildman–Crippen LogP) is 3.20. The first-order chi connectivity index (χ1) is 7.20. The number of alkyl halides is 1. The number of halogens is 1. The lowest BCUT2D eigenvalue weighted by Crippen LogP contribution is -2.43. The van der Waals surface area contributed by atoms with Gasteiger partial charge in [0.15, 0.2) is 0 Å². The van der Waals surface area contributed by atoms with Gasteiger partial charge in [0.2, 0.25) is 5.91 Å². The number of amides is 1. The monoisotopic (exact) mass is 275 g/mol. The van der Waals surface area contributed by atoms with Crippen LogP contribution in [0.5, 0.6) is 0 Å². The summed E-state index contributed by atoms with van der Waals surface area (Å²) in [6.07, 6.45) is 5.66. The average molecular weight is 276 g/mol. The zero-order chi connectivity index (χ0) is 11.3. The number of hydrogen-bond acceptors (Lipinski definition) is 1. The molecule has 1 aliphatic rings. The quantitative estimate of drug-likeness (QED) is 0.706. The van der Waals surface area contributed by atoms with Crippen molar-refractivity contribution in [2.75, 3.05) is 18.4 Å². The molecule has 15 heavy (non-hydrogen) atoms. The Hall–Kier alpha value is -0.0500. The van der Waals surface area contributed by atoms with Crippen LogP contribution in [-0.4, -0.2) is 29.2 Å². The molecule has 1 aliphatic carbocycles. The third-order valence-electron chi connectivity index (χ3n) is 3.71. The fraction of sp³-hybridized carbons (Fsp3) is 0.917. The Kier molecular flexibility index (Phi) is 5.10. The number of hydrogen-bond donors (Lipinski definition) is 0. The van der Waals surface area contributed by atoms with Crippen LogP contribution in [0.1, 0.15) is 46.0 Å². The minimum Gasteiger partial charge on any atom is -0.342 e. The number of carbonyl (C=O) groups excluding carboxylic acids is 1. The highest BCUT2D eigenvalue weighted by atomic mass is 79.9. The van der Waals surface area contributed by atoms with Gasteiger partial charge in [0.1, 0.15) is 0 Å². The highest BCUT2D eigenvalue weighted by molar-refractivity contribution is 9.09. The Morgan fingerprint density at radius 3 is 2.33 bits per heavy atom. The summed E-state index contributed by atoms with van der Waals surface area (Å²) in [5.41, 5.74) is -0.0157. The third kappa shape index (κ3) is 2.74. The van der Waals surface area contributed by atoms with E-state index in [1.807, 2.05) is 4.90 Å². The topological polar surface area (TPSA) is 20.3 Å². The van der Waals surface area contributed by atoms with Crippen LogP contribution in [-0.2, 0) is 4.79 Å². The molecule has 0 saturated heterocycles. The Morgan fingerprint density at radius 1 is 1.33 bits per heavy atom. The predicted molar refractivity (Wildman–Crippen MR) is 67.2 cm³/mol. The van der Waals surface area contributed by atoms with Crippen molar-refractivity contribution in [1.29, 1.82) is 0 Å². The maximum atomic E-state index is 12.4. The van der Waals surface area contributed by atoms with E-state index in [1.54, 1.807) is 0 Å². The first-order valence-corrected chi connectivity index (χ1v) is 7.17. The van der Waals surface area contributed by atoms with E-state index in [9.17, 15) is 4.79 Å². The molecule has 0 aromatic heterocycles. The summed E-state index contributed by atoms with van der Waals surface area (Å²) in [7, 11) is 0. The zero-order valence-electron chi connectivity index (χ0n) is 9.89. The fourth-order valence-corrected chi connectivity index (χ4v) is 3.04. The van der Waals surface area contributed by atoms with Crippen molar-refractivity contribution in [2.45, 2.75) is 46.0 Å². The Balaban J connectivity index is 2.70. The van der Waals surface area contributed by atoms with Crippen molar-refractivity contribution in [1.82, 2.24) is 4.90 Å². The Bertz CT molecular complexity index is 212. The van der Waals surface area contributed by atoms with Crippen LogP contribution in [0.2, 0.25) is 0 Å². The van der Waals surface area contributed by atoms with Crippen LogP contribution >= 0.6 is 15.9 Å². The molecule has 0 atom stereocenters. The Morgan fingerprint density at radius 2 is 1.93 bits per heavy atom. The maximum Gasteiger partial charge on any atom is 0.228 e. The van der Waals surface area contributed by atoms with Gasteiger partial charge in [-0.2, -0.15) is 0 Å². The van der Waals surface area contributed by atoms with Gasteiger partial charge in [-0.15, -0.1) is 0 Å². The molecule has 1 amide bonds. The van der Waals surface area contributed by atoms with Crippen molar-refractivity contribution in [3.8, 4) is 0 Å². The second-order valence-electron chi connectivity index (χ2n) is 4.41. The number of nitrogens with zero attached hydrogens (tertiary/aromatic N) is 1. The summed E-state index contributed by atoms with van der Waals surface area (Å²) < 4.78 is 0. The molecule has 1 saturated carbocycles. The minimum absolute atomic E-state index is 0.0157. The van der Waals surface area contributed by atoms with Crippen molar-refractivity contribution in [3.63, 3.8) is 0 Å². The molecule has 0 N–H and O–H groups in total. The molecule has 1 rings (SSSR count). The normalized spacial score (nSPS) is 19.1. The van der Waals surface area contributed by atoms with Crippen LogP contribution < -0.4 is 0 Å². The molecule has 0 bridgehead atoms. The lowest BCUT2D eigenvalue weighted by molar-refractivity contribution is -0.141. The molecular formula is C12H22BrNO. The molecular weight excluding hydrogens is 254 g/mol. The molecule has 3 heteroatoms. The third-order valence-corrected chi connectivity index (χ3v) is 4.07. The van der Waals surface area contributed by atoms with E-state index in [0.717, 1.165) is 37.7 Å². The molecule has 0 unspecified atom stereocenters. The highest BCUT2D eigenvalue weighted by Crippen LogP contribution is 2.42. The van der Waals surface area contributed by atoms with Gasteiger partial charge >= 0.3 is 0 Å². The molecule has 0 radical (unpaired) electrons. The molecule has 0 aromatic rings. The molecule has 2 nitrogen and oxygen atoms in total. The smallest absolute Gasteiger partial charge is 0.228 e. The molecule has 0 aromatic carbocycles. The van der Waals surface area contributed by atoms with Gasteiger partial charge in [0.25, 0.3) is 0 Å². The van der Waals surface area contributed by atoms with Gasteiger partial charge in [-0.3, -0.25) is 4.79 Å². The van der Waals surface area contributed by atoms with Crippen molar-refractivity contribution < 1.29 is 4.79 Å². The summed E-state index contributed by atoms with van der Waals surface area (Å²) in [4.78, 5) is 14.4. The lowest BCUT2D eigenvalue weighted by atomic mass is 9.82. The van der Waals surface area contributed by atoms with Crippen molar-refractivity contribution in [3.05, 3.63) is 0 Å². The summed E-state index contributed by atoms with van der Waals surface area (Å²) in [6.45, 7) is 5.91. The molecule has 88 valence electrons. The van der Waals surface area contributed by atoms with Crippen LogP contribution in [0.3, 0.4) is 0 Å². The molecule has 1 fully saturated rings. The van der Waals surface area contributed by atoms with Crippen LogP contribution in [0.15, 0.2) is 0 Å². The standard InChI is InChI=1S/C12H22BrNO/c1-3-12(7-5-6-8-12)11(15)14(4-2)10-9-13/h3-10H2,1-2H3. The van der Waals surface area contributed by atoms with E-state index in [1.165, 1.54) is 12.8 Å². The largest absolute Gasteiger partial charge is 0.342 e. The second kappa shape index (κ2) is 5.88. The average Bonchev–Trinajstić information content (AvgIpc) is 2.74. The van der Waals surface area contributed by atoms with Crippen LogP contribution in [0.25, 0.3) is 0 Å². The zero-order valence-corrected chi connectivity index (χ0v) is 11.5. The maximum absolute atomic E-state index is 12.4. The van der Waals surface area contributed by atoms with Crippen LogP contribution in [0, 0.1) is 5.41 Å². The van der Waals surface area contributed by atoms with E-state index >= 15 is 0 Å². The van der Waals surface area contributed by atoms with Gasteiger partial charge in [0.05, 0.1) is 0 Å². The number of rotatable bonds is 5. The summed E-state index contributed by atoms with van der Waals surface area (Å²) in [6, 6.07) is 0. The minimum atomic E-state index is -0.0157. The first kappa shape index (κ1) is 13.0. The highest BCUT2D eigenvalue weighted by Gasteiger charge is 2.41. The van der Waals surface area contributed by atoms with Gasteiger partial charge in [-0.1, -0.05) is 35.7 Å². The van der Waals surface area contributed by atoms with E-state index < -0.39 is 0 Å². The summed E-state index contributed by atoms with van der Waals surface area (Å²) in [5.74, 6) is 0.393. The molecule has 0 aliphatic heterocycles. The van der Waals surface area contributed by atoms with Gasteiger partial charge in [0, 0.05) is 23.8 Å². The summed E-state index contributed by atoms with van der Waals surface area (Å²) >= 11 is 3.41. The molecule has 0 spiro atoms. The number of carbonyl (C=O) groups is 1. The molecule has 0 heterocycles. The van der Waals surface area contributed by atoms with Gasteiger partial charge in [-0.25, -0.2) is 0 Å². The van der Waals surface area contributed by atoms with E-state index in [2.05, 4.69) is 29.8 Å². The van der Waals surface area contributed by atoms with Crippen molar-refractivity contribution in [2.24, 2.45) is 5.41 Å². The first-order valence-electron chi connectivity index (χ1n) is 6.05. The summed E-state index contributed by atoms with van der Waals surface area (Å²) in [5, 5.41) is 0.881. The van der Waals surface area contributed by atoms with E-state index in [4.69, 9.17) is 0 Å². The van der Waals surface area contributed by atoms with Gasteiger partial charge in [-0.05, 0) is 26.2 Å². The van der Waals surface area contributed by atoms with Crippen LogP contribution in [0.4, 0.5) is 0 Å². The van der Waals surface area contributed by atoms with Gasteiger partial charge < -0.3 is 4.90 Å². The van der Waals surface area contributed by atoms with E-state index in [0.29, 0.717) is 5.91 Å². The lowest BCUT2D eigenvalue weighted by Gasteiger charge is -2.32. The van der Waals surface area contributed by atoms with E-state index in [-0.39, 0.29) is 5.41 Å². The fourth-order valence-electron chi connectivity index (χ4n) is 2.61. The SMILES string of the molecule is CCN(CCBr)C(=O)C1(CC)CCCC1. The Labute approximate surface area is 102 Å².